The number of rotatable bonds is 2. The first-order valence-electron chi connectivity index (χ1n) is 7.69. The minimum absolute atomic E-state index is 1.01. The van der Waals surface area contributed by atoms with Gasteiger partial charge in [-0.1, -0.05) is 60.7 Å². The van der Waals surface area contributed by atoms with Gasteiger partial charge in [0.15, 0.2) is 0 Å². The van der Waals surface area contributed by atoms with Gasteiger partial charge in [-0.15, -0.1) is 0 Å². The van der Waals surface area contributed by atoms with E-state index in [4.69, 9.17) is 0 Å². The summed E-state index contributed by atoms with van der Waals surface area (Å²) in [5.74, 6) is 0. The van der Waals surface area contributed by atoms with Crippen LogP contribution in [0.25, 0.3) is 10.8 Å². The maximum atomic E-state index is 3.46. The van der Waals surface area contributed by atoms with E-state index in [0.717, 1.165) is 25.9 Å². The average molecular weight is 273 g/mol. The van der Waals surface area contributed by atoms with Crippen LogP contribution in [0.15, 0.2) is 60.7 Å². The third-order valence-corrected chi connectivity index (χ3v) is 4.50. The highest BCUT2D eigenvalue weighted by Crippen LogP contribution is 2.25. The predicted molar refractivity (Wildman–Crippen MR) is 88.6 cm³/mol. The third-order valence-electron chi connectivity index (χ3n) is 4.50. The molecule has 1 N–H and O–H groups in total. The highest BCUT2D eigenvalue weighted by Gasteiger charge is 2.13. The van der Waals surface area contributed by atoms with E-state index in [1.165, 1.54) is 27.5 Å². The standard InChI is InChI=1S/C20H19N/c1-2-10-19-15(5-1)6-3-7-16(19)13-17-8-4-9-18-14-21-12-11-20(17)18/h1-10,21H,11-14H2. The number of hydrogen-bond donors (Lipinski definition) is 1. The van der Waals surface area contributed by atoms with Crippen LogP contribution in [0, 0.1) is 0 Å². The molecule has 104 valence electrons. The molecule has 0 saturated heterocycles. The molecule has 0 amide bonds. The zero-order valence-electron chi connectivity index (χ0n) is 12.1. The Morgan fingerprint density at radius 2 is 1.62 bits per heavy atom. The second-order valence-electron chi connectivity index (χ2n) is 5.80. The molecule has 0 bridgehead atoms. The van der Waals surface area contributed by atoms with Crippen LogP contribution in [0.5, 0.6) is 0 Å². The largest absolute Gasteiger partial charge is 0.312 e. The smallest absolute Gasteiger partial charge is 0.0208 e. The highest BCUT2D eigenvalue weighted by molar-refractivity contribution is 5.86. The molecule has 0 aromatic heterocycles. The monoisotopic (exact) mass is 273 g/mol. The van der Waals surface area contributed by atoms with Gasteiger partial charge in [0.2, 0.25) is 0 Å². The van der Waals surface area contributed by atoms with Gasteiger partial charge in [0.25, 0.3) is 0 Å². The molecular weight excluding hydrogens is 254 g/mol. The Hall–Kier alpha value is -2.12. The third kappa shape index (κ3) is 2.34. The number of hydrogen-bond acceptors (Lipinski definition) is 1. The molecule has 0 radical (unpaired) electrons. The van der Waals surface area contributed by atoms with Gasteiger partial charge in [-0.25, -0.2) is 0 Å². The lowest BCUT2D eigenvalue weighted by Crippen LogP contribution is -2.24. The Morgan fingerprint density at radius 1 is 0.810 bits per heavy atom. The molecule has 1 aliphatic heterocycles. The Kier molecular flexibility index (Phi) is 3.21. The van der Waals surface area contributed by atoms with Crippen molar-refractivity contribution >= 4 is 10.8 Å². The number of fused-ring (bicyclic) bond motifs is 2. The predicted octanol–water partition coefficient (Wildman–Crippen LogP) is 4.08. The van der Waals surface area contributed by atoms with Gasteiger partial charge in [0.05, 0.1) is 0 Å². The number of nitrogens with one attached hydrogen (secondary N) is 1. The summed E-state index contributed by atoms with van der Waals surface area (Å²) in [7, 11) is 0. The fourth-order valence-electron chi connectivity index (χ4n) is 3.43. The molecule has 3 aromatic rings. The molecule has 1 nitrogen and oxygen atoms in total. The van der Waals surface area contributed by atoms with Crippen molar-refractivity contribution < 1.29 is 0 Å². The molecule has 0 aliphatic carbocycles. The molecule has 0 atom stereocenters. The van der Waals surface area contributed by atoms with Crippen molar-refractivity contribution in [2.45, 2.75) is 19.4 Å². The maximum Gasteiger partial charge on any atom is 0.0208 e. The van der Waals surface area contributed by atoms with E-state index in [1.54, 1.807) is 5.56 Å². The zero-order chi connectivity index (χ0) is 14.1. The topological polar surface area (TPSA) is 12.0 Å². The van der Waals surface area contributed by atoms with Gasteiger partial charge in [-0.2, -0.15) is 0 Å². The van der Waals surface area contributed by atoms with Crippen LogP contribution in [0.2, 0.25) is 0 Å². The van der Waals surface area contributed by atoms with Gasteiger partial charge >= 0.3 is 0 Å². The van der Waals surface area contributed by atoms with E-state index in [1.807, 2.05) is 0 Å². The Morgan fingerprint density at radius 3 is 2.62 bits per heavy atom. The highest BCUT2D eigenvalue weighted by atomic mass is 14.9. The molecule has 0 saturated carbocycles. The minimum atomic E-state index is 1.01. The molecule has 4 rings (SSSR count). The van der Waals surface area contributed by atoms with Crippen LogP contribution in [-0.4, -0.2) is 6.54 Å². The fraction of sp³-hybridized carbons (Fsp3) is 0.200. The van der Waals surface area contributed by atoms with E-state index in [0.29, 0.717) is 0 Å². The minimum Gasteiger partial charge on any atom is -0.312 e. The summed E-state index contributed by atoms with van der Waals surface area (Å²) in [5, 5.41) is 6.18. The van der Waals surface area contributed by atoms with Crippen LogP contribution in [-0.2, 0) is 19.4 Å². The Bertz CT molecular complexity index is 783. The van der Waals surface area contributed by atoms with E-state index in [2.05, 4.69) is 66.0 Å². The van der Waals surface area contributed by atoms with Gasteiger partial charge in [0.1, 0.15) is 0 Å². The first-order chi connectivity index (χ1) is 10.4. The lowest BCUT2D eigenvalue weighted by Gasteiger charge is -2.20. The molecule has 0 fully saturated rings. The van der Waals surface area contributed by atoms with E-state index in [9.17, 15) is 0 Å². The first-order valence-corrected chi connectivity index (χ1v) is 7.69. The van der Waals surface area contributed by atoms with Gasteiger partial charge < -0.3 is 5.32 Å². The van der Waals surface area contributed by atoms with Crippen molar-refractivity contribution in [2.24, 2.45) is 0 Å². The van der Waals surface area contributed by atoms with Crippen LogP contribution in [0.4, 0.5) is 0 Å². The maximum absolute atomic E-state index is 3.46. The summed E-state index contributed by atoms with van der Waals surface area (Å²) in [5.41, 5.74) is 5.95. The Labute approximate surface area is 125 Å². The van der Waals surface area contributed by atoms with Gasteiger partial charge in [-0.05, 0) is 52.4 Å². The van der Waals surface area contributed by atoms with E-state index < -0.39 is 0 Å². The summed E-state index contributed by atoms with van der Waals surface area (Å²) in [6, 6.07) is 22.1. The quantitative estimate of drug-likeness (QED) is 0.742. The van der Waals surface area contributed by atoms with Crippen molar-refractivity contribution in [2.75, 3.05) is 6.54 Å². The van der Waals surface area contributed by atoms with Crippen LogP contribution in [0.3, 0.4) is 0 Å². The van der Waals surface area contributed by atoms with Crippen LogP contribution >= 0.6 is 0 Å². The van der Waals surface area contributed by atoms with E-state index >= 15 is 0 Å². The van der Waals surface area contributed by atoms with Crippen LogP contribution < -0.4 is 5.32 Å². The normalized spacial score (nSPS) is 14.1. The Balaban J connectivity index is 1.79. The van der Waals surface area contributed by atoms with Crippen LogP contribution in [0.1, 0.15) is 22.3 Å². The SMILES string of the molecule is c1cc2c(c(Cc3cccc4ccccc34)c1)CCNC2. The van der Waals surface area contributed by atoms with Gasteiger partial charge in [-0.3, -0.25) is 0 Å². The fourth-order valence-corrected chi connectivity index (χ4v) is 3.43. The van der Waals surface area contributed by atoms with Crippen molar-refractivity contribution in [1.29, 1.82) is 0 Å². The molecule has 21 heavy (non-hydrogen) atoms. The molecule has 3 aromatic carbocycles. The molecule has 1 heteroatoms. The second-order valence-corrected chi connectivity index (χ2v) is 5.80. The average Bonchev–Trinajstić information content (AvgIpc) is 2.56. The van der Waals surface area contributed by atoms with Gasteiger partial charge in [0, 0.05) is 6.54 Å². The first kappa shape index (κ1) is 12.6. The van der Waals surface area contributed by atoms with E-state index in [-0.39, 0.29) is 0 Å². The summed E-state index contributed by atoms with van der Waals surface area (Å²) >= 11 is 0. The molecule has 0 unspecified atom stereocenters. The van der Waals surface area contributed by atoms with Crippen molar-refractivity contribution in [1.82, 2.24) is 5.32 Å². The summed E-state index contributed by atoms with van der Waals surface area (Å²) < 4.78 is 0. The lowest BCUT2D eigenvalue weighted by atomic mass is 9.90. The molecule has 1 heterocycles. The number of benzene rings is 3. The second kappa shape index (κ2) is 5.34. The van der Waals surface area contributed by atoms with Crippen molar-refractivity contribution in [3.63, 3.8) is 0 Å². The summed E-state index contributed by atoms with van der Waals surface area (Å²) in [4.78, 5) is 0. The lowest BCUT2D eigenvalue weighted by molar-refractivity contribution is 0.640. The van der Waals surface area contributed by atoms with Crippen molar-refractivity contribution in [3.05, 3.63) is 82.9 Å². The molecule has 0 spiro atoms. The summed E-state index contributed by atoms with van der Waals surface area (Å²) in [6.45, 7) is 2.11. The van der Waals surface area contributed by atoms with Crippen molar-refractivity contribution in [3.8, 4) is 0 Å². The summed E-state index contributed by atoms with van der Waals surface area (Å²) in [6.07, 6.45) is 2.18. The zero-order valence-corrected chi connectivity index (χ0v) is 12.1. The molecule has 1 aliphatic rings. The molecular formula is C20H19N.